The van der Waals surface area contributed by atoms with E-state index in [-0.39, 0.29) is 12.0 Å². The summed E-state index contributed by atoms with van der Waals surface area (Å²) in [4.78, 5) is 11.5. The number of amides is 1. The monoisotopic (exact) mass is 211 g/mol. The maximum atomic E-state index is 11.5. The zero-order valence-corrected chi connectivity index (χ0v) is 9.24. The van der Waals surface area contributed by atoms with Crippen molar-refractivity contribution in [3.63, 3.8) is 0 Å². The molecular formula is C12H21NO2. The first-order valence-electron chi connectivity index (χ1n) is 6.20. The first kappa shape index (κ1) is 10.9. The maximum absolute atomic E-state index is 11.5. The second-order valence-electron chi connectivity index (χ2n) is 5.06. The Labute approximate surface area is 91.2 Å². The second-order valence-corrected chi connectivity index (χ2v) is 5.06. The van der Waals surface area contributed by atoms with Crippen molar-refractivity contribution in [1.82, 2.24) is 5.32 Å². The van der Waals surface area contributed by atoms with E-state index in [2.05, 4.69) is 5.32 Å². The van der Waals surface area contributed by atoms with Crippen LogP contribution in [-0.4, -0.2) is 23.7 Å². The van der Waals surface area contributed by atoms with Crippen LogP contribution in [0.15, 0.2) is 0 Å². The third kappa shape index (κ3) is 3.49. The van der Waals surface area contributed by atoms with E-state index in [9.17, 15) is 9.90 Å². The second kappa shape index (κ2) is 4.97. The average molecular weight is 211 g/mol. The van der Waals surface area contributed by atoms with Crippen LogP contribution in [-0.2, 0) is 4.79 Å². The molecule has 2 fully saturated rings. The molecule has 0 aliphatic heterocycles. The molecule has 15 heavy (non-hydrogen) atoms. The molecule has 3 heteroatoms. The summed E-state index contributed by atoms with van der Waals surface area (Å²) in [5.41, 5.74) is 0. The van der Waals surface area contributed by atoms with Crippen LogP contribution in [0.3, 0.4) is 0 Å². The first-order chi connectivity index (χ1) is 7.25. The molecule has 0 aromatic heterocycles. The molecule has 3 nitrogen and oxygen atoms in total. The summed E-state index contributed by atoms with van der Waals surface area (Å²) in [6, 6.07) is 0. The van der Waals surface area contributed by atoms with Gasteiger partial charge in [0, 0.05) is 13.0 Å². The summed E-state index contributed by atoms with van der Waals surface area (Å²) in [6.45, 7) is 0.455. The summed E-state index contributed by atoms with van der Waals surface area (Å²) in [5, 5.41) is 12.4. The van der Waals surface area contributed by atoms with Crippen LogP contribution < -0.4 is 5.32 Å². The van der Waals surface area contributed by atoms with Crippen molar-refractivity contribution in [2.24, 2.45) is 11.8 Å². The number of carbonyl (C=O) groups excluding carboxylic acids is 1. The summed E-state index contributed by atoms with van der Waals surface area (Å²) in [7, 11) is 0. The van der Waals surface area contributed by atoms with Gasteiger partial charge < -0.3 is 10.4 Å². The number of rotatable bonds is 5. The Morgan fingerprint density at radius 2 is 1.93 bits per heavy atom. The lowest BCUT2D eigenvalue weighted by Gasteiger charge is -2.12. The molecule has 0 aromatic rings. The van der Waals surface area contributed by atoms with E-state index >= 15 is 0 Å². The zero-order chi connectivity index (χ0) is 10.7. The molecule has 2 aliphatic rings. The summed E-state index contributed by atoms with van der Waals surface area (Å²) in [6.07, 6.45) is 7.58. The van der Waals surface area contributed by atoms with Gasteiger partial charge in [-0.3, -0.25) is 4.79 Å². The highest BCUT2D eigenvalue weighted by Crippen LogP contribution is 2.32. The minimum atomic E-state index is -0.308. The fraction of sp³-hybridized carbons (Fsp3) is 0.917. The first-order valence-corrected chi connectivity index (χ1v) is 6.20. The fourth-order valence-corrected chi connectivity index (χ4v) is 2.41. The van der Waals surface area contributed by atoms with Crippen LogP contribution in [0.1, 0.15) is 44.9 Å². The number of carbonyl (C=O) groups is 1. The topological polar surface area (TPSA) is 49.3 Å². The van der Waals surface area contributed by atoms with Gasteiger partial charge in [-0.25, -0.2) is 0 Å². The van der Waals surface area contributed by atoms with Crippen LogP contribution in [0.5, 0.6) is 0 Å². The van der Waals surface area contributed by atoms with Gasteiger partial charge in [-0.2, -0.15) is 0 Å². The standard InChI is InChI=1S/C12H21NO2/c14-11(10-5-6-10)8-13-12(15)7-9-3-1-2-4-9/h9-11,14H,1-8H2,(H,13,15). The number of hydrogen-bond acceptors (Lipinski definition) is 2. The predicted molar refractivity (Wildman–Crippen MR) is 58.3 cm³/mol. The molecule has 2 rings (SSSR count). The quantitative estimate of drug-likeness (QED) is 0.723. The van der Waals surface area contributed by atoms with Gasteiger partial charge in [0.1, 0.15) is 0 Å². The van der Waals surface area contributed by atoms with E-state index < -0.39 is 0 Å². The zero-order valence-electron chi connectivity index (χ0n) is 9.24. The molecule has 0 bridgehead atoms. The van der Waals surface area contributed by atoms with Gasteiger partial charge in [0.25, 0.3) is 0 Å². The number of hydrogen-bond donors (Lipinski definition) is 2. The van der Waals surface area contributed by atoms with Crippen LogP contribution in [0.2, 0.25) is 0 Å². The molecule has 86 valence electrons. The van der Waals surface area contributed by atoms with Gasteiger partial charge in [0.05, 0.1) is 6.10 Å². The van der Waals surface area contributed by atoms with Crippen molar-refractivity contribution in [3.05, 3.63) is 0 Å². The van der Waals surface area contributed by atoms with E-state index in [4.69, 9.17) is 0 Å². The summed E-state index contributed by atoms with van der Waals surface area (Å²) >= 11 is 0. The highest BCUT2D eigenvalue weighted by atomic mass is 16.3. The molecule has 0 saturated heterocycles. The van der Waals surface area contributed by atoms with E-state index in [1.54, 1.807) is 0 Å². The van der Waals surface area contributed by atoms with Gasteiger partial charge in [0.15, 0.2) is 0 Å². The lowest BCUT2D eigenvalue weighted by Crippen LogP contribution is -2.33. The minimum Gasteiger partial charge on any atom is -0.391 e. The Morgan fingerprint density at radius 1 is 1.27 bits per heavy atom. The molecule has 2 saturated carbocycles. The van der Waals surface area contributed by atoms with Crippen molar-refractivity contribution < 1.29 is 9.90 Å². The van der Waals surface area contributed by atoms with Crippen LogP contribution in [0.25, 0.3) is 0 Å². The van der Waals surface area contributed by atoms with Crippen molar-refractivity contribution >= 4 is 5.91 Å². The van der Waals surface area contributed by atoms with E-state index in [1.165, 1.54) is 25.7 Å². The van der Waals surface area contributed by atoms with Crippen molar-refractivity contribution in [2.45, 2.75) is 51.0 Å². The molecule has 1 amide bonds. The van der Waals surface area contributed by atoms with E-state index in [0.29, 0.717) is 24.8 Å². The van der Waals surface area contributed by atoms with Gasteiger partial charge in [-0.1, -0.05) is 12.8 Å². The summed E-state index contributed by atoms with van der Waals surface area (Å²) < 4.78 is 0. The van der Waals surface area contributed by atoms with E-state index in [1.807, 2.05) is 0 Å². The van der Waals surface area contributed by atoms with E-state index in [0.717, 1.165) is 12.8 Å². The van der Waals surface area contributed by atoms with Crippen molar-refractivity contribution in [3.8, 4) is 0 Å². The fourth-order valence-electron chi connectivity index (χ4n) is 2.41. The largest absolute Gasteiger partial charge is 0.391 e. The Kier molecular flexibility index (Phi) is 3.62. The van der Waals surface area contributed by atoms with Gasteiger partial charge >= 0.3 is 0 Å². The van der Waals surface area contributed by atoms with Crippen LogP contribution >= 0.6 is 0 Å². The molecule has 0 aromatic carbocycles. The van der Waals surface area contributed by atoms with Crippen LogP contribution in [0.4, 0.5) is 0 Å². The molecule has 0 radical (unpaired) electrons. The molecule has 2 N–H and O–H groups in total. The molecule has 0 heterocycles. The van der Waals surface area contributed by atoms with Crippen LogP contribution in [0, 0.1) is 11.8 Å². The Morgan fingerprint density at radius 3 is 2.53 bits per heavy atom. The van der Waals surface area contributed by atoms with Crippen molar-refractivity contribution in [2.75, 3.05) is 6.54 Å². The number of aliphatic hydroxyl groups is 1. The molecule has 1 unspecified atom stereocenters. The Bertz CT molecular complexity index is 220. The van der Waals surface area contributed by atoms with Gasteiger partial charge in [0.2, 0.25) is 5.91 Å². The highest BCUT2D eigenvalue weighted by molar-refractivity contribution is 5.76. The van der Waals surface area contributed by atoms with Gasteiger partial charge in [-0.05, 0) is 37.5 Å². The SMILES string of the molecule is O=C(CC1CCCC1)NCC(O)C1CC1. The average Bonchev–Trinajstić information content (AvgIpc) is 2.95. The Balaban J connectivity index is 1.59. The number of nitrogens with one attached hydrogen (secondary N) is 1. The third-order valence-electron chi connectivity index (χ3n) is 3.62. The highest BCUT2D eigenvalue weighted by Gasteiger charge is 2.29. The Hall–Kier alpha value is -0.570. The van der Waals surface area contributed by atoms with Crippen molar-refractivity contribution in [1.29, 1.82) is 0 Å². The maximum Gasteiger partial charge on any atom is 0.220 e. The smallest absolute Gasteiger partial charge is 0.220 e. The third-order valence-corrected chi connectivity index (χ3v) is 3.62. The lowest BCUT2D eigenvalue weighted by molar-refractivity contribution is -0.122. The minimum absolute atomic E-state index is 0.126. The summed E-state index contributed by atoms with van der Waals surface area (Å²) in [5.74, 6) is 1.18. The molecule has 1 atom stereocenters. The molecule has 0 spiro atoms. The number of aliphatic hydroxyl groups excluding tert-OH is 1. The molecule has 2 aliphatic carbocycles. The van der Waals surface area contributed by atoms with Gasteiger partial charge in [-0.15, -0.1) is 0 Å². The molecular weight excluding hydrogens is 190 g/mol. The predicted octanol–water partition coefficient (Wildman–Crippen LogP) is 1.45. The normalized spacial score (nSPS) is 24.1. The lowest BCUT2D eigenvalue weighted by atomic mass is 10.0.